The molecule has 0 unspecified atom stereocenters. The molecule has 1 aliphatic rings. The van der Waals surface area contributed by atoms with Crippen molar-refractivity contribution in [2.75, 3.05) is 33.3 Å². The Morgan fingerprint density at radius 1 is 0.968 bits per heavy atom. The van der Waals surface area contributed by atoms with Gasteiger partial charge in [-0.15, -0.1) is 11.3 Å². The average Bonchev–Trinajstić information content (AvgIpc) is 3.28. The highest BCUT2D eigenvalue weighted by molar-refractivity contribution is 7.12. The van der Waals surface area contributed by atoms with Crippen LogP contribution in [0.3, 0.4) is 0 Å². The first-order valence-electron chi connectivity index (χ1n) is 10.5. The number of nitrogens with zero attached hydrogens (tertiary/aromatic N) is 2. The zero-order chi connectivity index (χ0) is 21.6. The first kappa shape index (κ1) is 21.4. The highest BCUT2D eigenvalue weighted by atomic mass is 32.1. The maximum atomic E-state index is 12.9. The van der Waals surface area contributed by atoms with Crippen LogP contribution in [0.5, 0.6) is 11.5 Å². The molecule has 1 aromatic heterocycles. The number of methoxy groups -OCH3 is 1. The molecule has 1 aliphatic heterocycles. The van der Waals surface area contributed by atoms with Crippen LogP contribution in [0.4, 0.5) is 0 Å². The predicted octanol–water partition coefficient (Wildman–Crippen LogP) is 4.60. The summed E-state index contributed by atoms with van der Waals surface area (Å²) in [6.45, 7) is 6.64. The second kappa shape index (κ2) is 9.98. The van der Waals surface area contributed by atoms with Crippen molar-refractivity contribution in [2.24, 2.45) is 0 Å². The Hall–Kier alpha value is -2.83. The second-order valence-electron chi connectivity index (χ2n) is 7.84. The van der Waals surface area contributed by atoms with Crippen molar-refractivity contribution < 1.29 is 14.3 Å². The standard InChI is InChI=1S/C25H28N2O3S/c1-19-6-8-22(9-7-19)30-17-21-15-24(31-18-21)25(28)27-12-10-26(11-13-27)16-20-4-3-5-23(14-20)29-2/h3-9,14-15,18H,10-13,16-17H2,1-2H3. The molecule has 1 saturated heterocycles. The molecule has 0 N–H and O–H groups in total. The van der Waals surface area contributed by atoms with Crippen molar-refractivity contribution in [1.29, 1.82) is 0 Å². The molecule has 31 heavy (non-hydrogen) atoms. The molecule has 0 radical (unpaired) electrons. The van der Waals surface area contributed by atoms with Crippen LogP contribution >= 0.6 is 11.3 Å². The minimum absolute atomic E-state index is 0.118. The molecule has 0 bridgehead atoms. The van der Waals surface area contributed by atoms with Gasteiger partial charge in [-0.2, -0.15) is 0 Å². The van der Waals surface area contributed by atoms with Crippen LogP contribution in [-0.2, 0) is 13.2 Å². The van der Waals surface area contributed by atoms with E-state index in [0.29, 0.717) is 6.61 Å². The monoisotopic (exact) mass is 436 g/mol. The molecule has 0 saturated carbocycles. The summed E-state index contributed by atoms with van der Waals surface area (Å²) in [7, 11) is 1.69. The summed E-state index contributed by atoms with van der Waals surface area (Å²) in [6, 6.07) is 18.1. The molecule has 1 amide bonds. The van der Waals surface area contributed by atoms with E-state index in [0.717, 1.165) is 54.7 Å². The Morgan fingerprint density at radius 2 is 1.74 bits per heavy atom. The number of benzene rings is 2. The van der Waals surface area contributed by atoms with Crippen molar-refractivity contribution in [1.82, 2.24) is 9.80 Å². The summed E-state index contributed by atoms with van der Waals surface area (Å²) in [4.78, 5) is 18.1. The molecule has 1 fully saturated rings. The molecule has 0 spiro atoms. The number of aryl methyl sites for hydroxylation is 1. The molecule has 162 valence electrons. The van der Waals surface area contributed by atoms with Gasteiger partial charge in [0.15, 0.2) is 0 Å². The van der Waals surface area contributed by atoms with E-state index in [4.69, 9.17) is 9.47 Å². The van der Waals surface area contributed by atoms with Crippen LogP contribution in [-0.4, -0.2) is 49.0 Å². The fourth-order valence-corrected chi connectivity index (χ4v) is 4.52. The van der Waals surface area contributed by atoms with Crippen molar-refractivity contribution >= 4 is 17.2 Å². The molecule has 0 aliphatic carbocycles. The van der Waals surface area contributed by atoms with Crippen LogP contribution in [0.1, 0.15) is 26.4 Å². The lowest BCUT2D eigenvalue weighted by Gasteiger charge is -2.34. The Kier molecular flexibility index (Phi) is 6.89. The summed E-state index contributed by atoms with van der Waals surface area (Å²) in [5.41, 5.74) is 3.47. The molecule has 4 rings (SSSR count). The van der Waals surface area contributed by atoms with Gasteiger partial charge >= 0.3 is 0 Å². The van der Waals surface area contributed by atoms with Gasteiger partial charge in [-0.25, -0.2) is 0 Å². The zero-order valence-corrected chi connectivity index (χ0v) is 18.9. The average molecular weight is 437 g/mol. The van der Waals surface area contributed by atoms with Gasteiger partial charge in [0.05, 0.1) is 12.0 Å². The Bertz CT molecular complexity index is 1010. The summed E-state index contributed by atoms with van der Waals surface area (Å²) < 4.78 is 11.2. The first-order valence-corrected chi connectivity index (χ1v) is 11.4. The van der Waals surface area contributed by atoms with Crippen LogP contribution in [0.25, 0.3) is 0 Å². The minimum Gasteiger partial charge on any atom is -0.497 e. The lowest BCUT2D eigenvalue weighted by Crippen LogP contribution is -2.48. The Labute approximate surface area is 187 Å². The number of hydrogen-bond donors (Lipinski definition) is 0. The van der Waals surface area contributed by atoms with E-state index >= 15 is 0 Å². The normalized spacial score (nSPS) is 14.5. The number of carbonyl (C=O) groups excluding carboxylic acids is 1. The van der Waals surface area contributed by atoms with Crippen LogP contribution in [0, 0.1) is 6.92 Å². The summed E-state index contributed by atoms with van der Waals surface area (Å²) in [6.07, 6.45) is 0. The van der Waals surface area contributed by atoms with E-state index in [1.807, 2.05) is 52.7 Å². The van der Waals surface area contributed by atoms with Crippen molar-refractivity contribution in [2.45, 2.75) is 20.1 Å². The van der Waals surface area contributed by atoms with Crippen LogP contribution < -0.4 is 9.47 Å². The topological polar surface area (TPSA) is 42.0 Å². The van der Waals surface area contributed by atoms with Crippen LogP contribution in [0.2, 0.25) is 0 Å². The lowest BCUT2D eigenvalue weighted by atomic mass is 10.2. The largest absolute Gasteiger partial charge is 0.497 e. The van der Waals surface area contributed by atoms with Gasteiger partial charge < -0.3 is 14.4 Å². The number of ether oxygens (including phenoxy) is 2. The molecular formula is C25H28N2O3S. The summed E-state index contributed by atoms with van der Waals surface area (Å²) in [5, 5.41) is 2.01. The second-order valence-corrected chi connectivity index (χ2v) is 8.75. The number of rotatable bonds is 7. The van der Waals surface area contributed by atoms with Gasteiger partial charge in [0.1, 0.15) is 18.1 Å². The van der Waals surface area contributed by atoms with Crippen molar-refractivity contribution in [3.63, 3.8) is 0 Å². The van der Waals surface area contributed by atoms with E-state index in [1.165, 1.54) is 22.5 Å². The van der Waals surface area contributed by atoms with E-state index in [-0.39, 0.29) is 5.91 Å². The number of carbonyl (C=O) groups is 1. The SMILES string of the molecule is COc1cccc(CN2CCN(C(=O)c3cc(COc4ccc(C)cc4)cs3)CC2)c1. The molecule has 2 heterocycles. The van der Waals surface area contributed by atoms with Crippen molar-refractivity contribution in [3.05, 3.63) is 81.5 Å². The third-order valence-corrected chi connectivity index (χ3v) is 6.46. The van der Waals surface area contributed by atoms with Gasteiger partial charge in [0.25, 0.3) is 5.91 Å². The fourth-order valence-electron chi connectivity index (χ4n) is 3.66. The predicted molar refractivity (Wildman–Crippen MR) is 124 cm³/mol. The third-order valence-electron chi connectivity index (χ3n) is 5.49. The fraction of sp³-hybridized carbons (Fsp3) is 0.320. The number of amides is 1. The number of thiophene rings is 1. The molecule has 0 atom stereocenters. The molecule has 5 nitrogen and oxygen atoms in total. The first-order chi connectivity index (χ1) is 15.1. The van der Waals surface area contributed by atoms with Gasteiger partial charge in [-0.05, 0) is 48.2 Å². The van der Waals surface area contributed by atoms with Gasteiger partial charge in [0.2, 0.25) is 0 Å². The van der Waals surface area contributed by atoms with E-state index in [2.05, 4.69) is 24.0 Å². The van der Waals surface area contributed by atoms with Crippen molar-refractivity contribution in [3.8, 4) is 11.5 Å². The van der Waals surface area contributed by atoms with Crippen LogP contribution in [0.15, 0.2) is 60.0 Å². The highest BCUT2D eigenvalue weighted by Crippen LogP contribution is 2.21. The Morgan fingerprint density at radius 3 is 2.48 bits per heavy atom. The zero-order valence-electron chi connectivity index (χ0n) is 18.0. The number of hydrogen-bond acceptors (Lipinski definition) is 5. The van der Waals surface area contributed by atoms with E-state index < -0.39 is 0 Å². The minimum atomic E-state index is 0.118. The summed E-state index contributed by atoms with van der Waals surface area (Å²) in [5.74, 6) is 1.84. The molecular weight excluding hydrogens is 408 g/mol. The van der Waals surface area contributed by atoms with Gasteiger partial charge in [0, 0.05) is 38.3 Å². The quantitative estimate of drug-likeness (QED) is 0.543. The lowest BCUT2D eigenvalue weighted by molar-refractivity contribution is 0.0633. The van der Waals surface area contributed by atoms with E-state index in [1.54, 1.807) is 7.11 Å². The van der Waals surface area contributed by atoms with E-state index in [9.17, 15) is 4.79 Å². The smallest absolute Gasteiger partial charge is 0.264 e. The number of piperazine rings is 1. The molecule has 2 aromatic carbocycles. The highest BCUT2D eigenvalue weighted by Gasteiger charge is 2.23. The summed E-state index contributed by atoms with van der Waals surface area (Å²) >= 11 is 1.50. The maximum Gasteiger partial charge on any atom is 0.264 e. The molecule has 3 aromatic rings. The van der Waals surface area contributed by atoms with Gasteiger partial charge in [-0.3, -0.25) is 9.69 Å². The third kappa shape index (κ3) is 5.66. The maximum absolute atomic E-state index is 12.9. The Balaban J connectivity index is 1.27. The van der Waals surface area contributed by atoms with Gasteiger partial charge in [-0.1, -0.05) is 29.8 Å². The molecule has 6 heteroatoms.